The maximum absolute atomic E-state index is 12.1. The first-order valence-electron chi connectivity index (χ1n) is 5.93. The third-order valence-corrected chi connectivity index (χ3v) is 6.16. The summed E-state index contributed by atoms with van der Waals surface area (Å²) in [4.78, 5) is 11.4. The molecular formula is C13H12ClNO4S. The Morgan fingerprint density at radius 1 is 1.45 bits per heavy atom. The van der Waals surface area contributed by atoms with Gasteiger partial charge in [-0.05, 0) is 17.7 Å². The van der Waals surface area contributed by atoms with Crippen LogP contribution in [0.3, 0.4) is 0 Å². The number of carbonyl (C=O) groups is 1. The fourth-order valence-electron chi connectivity index (χ4n) is 2.57. The van der Waals surface area contributed by atoms with Crippen LogP contribution in [0.4, 0.5) is 0 Å². The van der Waals surface area contributed by atoms with E-state index in [4.69, 9.17) is 11.6 Å². The first-order valence-corrected chi connectivity index (χ1v) is 8.02. The fraction of sp³-hybridized carbons (Fsp3) is 0.385. The summed E-state index contributed by atoms with van der Waals surface area (Å²) in [6, 6.07) is 7.92. The number of sulfone groups is 1. The van der Waals surface area contributed by atoms with Crippen LogP contribution in [-0.2, 0) is 14.6 Å². The molecule has 1 N–H and O–H groups in total. The molecule has 0 heterocycles. The van der Waals surface area contributed by atoms with Crippen molar-refractivity contribution in [1.29, 1.82) is 5.26 Å². The van der Waals surface area contributed by atoms with E-state index in [-0.39, 0.29) is 5.75 Å². The highest BCUT2D eigenvalue weighted by Gasteiger charge is 2.76. The summed E-state index contributed by atoms with van der Waals surface area (Å²) in [5.74, 6) is -2.45. The Kier molecular flexibility index (Phi) is 3.53. The second-order valence-corrected chi connectivity index (χ2v) is 7.53. The Bertz CT molecular complexity index is 692. The quantitative estimate of drug-likeness (QED) is 0.915. The van der Waals surface area contributed by atoms with E-state index < -0.39 is 32.4 Å². The van der Waals surface area contributed by atoms with Crippen LogP contribution in [0.5, 0.6) is 0 Å². The molecule has 0 spiro atoms. The van der Waals surface area contributed by atoms with Gasteiger partial charge in [-0.2, -0.15) is 5.26 Å². The molecule has 0 radical (unpaired) electrons. The van der Waals surface area contributed by atoms with Crippen molar-refractivity contribution >= 4 is 27.4 Å². The van der Waals surface area contributed by atoms with Gasteiger partial charge in [-0.25, -0.2) is 8.42 Å². The zero-order chi connectivity index (χ0) is 15.1. The summed E-state index contributed by atoms with van der Waals surface area (Å²) < 4.78 is 24.1. The van der Waals surface area contributed by atoms with Gasteiger partial charge in [0.2, 0.25) is 0 Å². The molecule has 20 heavy (non-hydrogen) atoms. The molecule has 0 bridgehead atoms. The van der Waals surface area contributed by atoms with Gasteiger partial charge in [-0.1, -0.05) is 30.7 Å². The van der Waals surface area contributed by atoms with Gasteiger partial charge in [0.05, 0.1) is 6.07 Å². The number of rotatable bonds is 4. The molecule has 0 aromatic heterocycles. The molecule has 1 aliphatic carbocycles. The number of nitrogens with zero attached hydrogens (tertiary/aromatic N) is 1. The van der Waals surface area contributed by atoms with Crippen LogP contribution < -0.4 is 0 Å². The number of carboxylic acids is 1. The molecule has 1 aromatic rings. The Morgan fingerprint density at radius 3 is 2.40 bits per heavy atom. The Hall–Kier alpha value is -1.58. The lowest BCUT2D eigenvalue weighted by Gasteiger charge is -2.02. The summed E-state index contributed by atoms with van der Waals surface area (Å²) in [6.45, 7) is 1.44. The van der Waals surface area contributed by atoms with Crippen molar-refractivity contribution in [3.63, 3.8) is 0 Å². The third-order valence-electron chi connectivity index (χ3n) is 3.69. The Morgan fingerprint density at radius 2 is 2.00 bits per heavy atom. The lowest BCUT2D eigenvalue weighted by atomic mass is 10.0. The van der Waals surface area contributed by atoms with E-state index in [1.54, 1.807) is 30.3 Å². The lowest BCUT2D eigenvalue weighted by Crippen LogP contribution is -2.23. The van der Waals surface area contributed by atoms with Crippen molar-refractivity contribution in [2.45, 2.75) is 18.1 Å². The minimum atomic E-state index is -3.63. The predicted molar refractivity (Wildman–Crippen MR) is 73.1 cm³/mol. The van der Waals surface area contributed by atoms with E-state index in [0.29, 0.717) is 10.6 Å². The van der Waals surface area contributed by atoms with Crippen LogP contribution in [0.25, 0.3) is 0 Å². The van der Waals surface area contributed by atoms with E-state index in [9.17, 15) is 23.6 Å². The molecule has 2 rings (SSSR count). The minimum absolute atomic E-state index is 0.196. The van der Waals surface area contributed by atoms with Crippen LogP contribution >= 0.6 is 11.6 Å². The van der Waals surface area contributed by atoms with Crippen molar-refractivity contribution in [2.75, 3.05) is 5.75 Å². The van der Waals surface area contributed by atoms with Gasteiger partial charge in [0.15, 0.2) is 15.3 Å². The van der Waals surface area contributed by atoms with Gasteiger partial charge in [0.1, 0.15) is 5.25 Å². The van der Waals surface area contributed by atoms with Gasteiger partial charge >= 0.3 is 5.97 Å². The molecule has 0 amide bonds. The Balaban J connectivity index is 2.54. The predicted octanol–water partition coefficient (Wildman–Crippen LogP) is 1.84. The molecular weight excluding hydrogens is 302 g/mol. The summed E-state index contributed by atoms with van der Waals surface area (Å²) in [5.41, 5.74) is -1.40. The number of aliphatic carboxylic acids is 1. The molecule has 1 fully saturated rings. The molecule has 0 saturated heterocycles. The Labute approximate surface area is 121 Å². The monoisotopic (exact) mass is 313 g/mol. The number of halogens is 1. The van der Waals surface area contributed by atoms with Gasteiger partial charge in [-0.15, -0.1) is 0 Å². The SMILES string of the molecule is CCS(=O)(=O)[C@@H]1[C@@H](c2ccc(Cl)cc2)[C@@]1(C#N)C(=O)O. The van der Waals surface area contributed by atoms with Crippen LogP contribution in [-0.4, -0.2) is 30.5 Å². The van der Waals surface area contributed by atoms with Crippen LogP contribution in [0.15, 0.2) is 24.3 Å². The topological polar surface area (TPSA) is 95.2 Å². The van der Waals surface area contributed by atoms with Crippen LogP contribution in [0, 0.1) is 16.7 Å². The smallest absolute Gasteiger partial charge is 0.326 e. The first kappa shape index (κ1) is 14.8. The van der Waals surface area contributed by atoms with Gasteiger partial charge in [0, 0.05) is 16.7 Å². The summed E-state index contributed by atoms with van der Waals surface area (Å²) in [6.07, 6.45) is 0. The standard InChI is InChI=1S/C13H12ClNO4S/c1-2-20(18,19)11-10(13(11,7-15)12(16)17)8-3-5-9(14)6-4-8/h3-6,10-11H,2H2,1H3,(H,16,17)/t10-,11-,13-/m1/s1. The molecule has 1 aromatic carbocycles. The summed E-state index contributed by atoms with van der Waals surface area (Å²) >= 11 is 5.76. The van der Waals surface area contributed by atoms with Crippen LogP contribution in [0.2, 0.25) is 5.02 Å². The van der Waals surface area contributed by atoms with Crippen molar-refractivity contribution in [2.24, 2.45) is 5.41 Å². The summed E-state index contributed by atoms with van der Waals surface area (Å²) in [7, 11) is -3.63. The second-order valence-electron chi connectivity index (χ2n) is 4.69. The maximum Gasteiger partial charge on any atom is 0.326 e. The van der Waals surface area contributed by atoms with E-state index in [1.807, 2.05) is 0 Å². The molecule has 0 unspecified atom stereocenters. The molecule has 106 valence electrons. The lowest BCUT2D eigenvalue weighted by molar-refractivity contribution is -0.141. The number of hydrogen-bond donors (Lipinski definition) is 1. The van der Waals surface area contributed by atoms with Crippen molar-refractivity contribution in [1.82, 2.24) is 0 Å². The zero-order valence-corrected chi connectivity index (χ0v) is 12.1. The minimum Gasteiger partial charge on any atom is -0.480 e. The number of hydrogen-bond acceptors (Lipinski definition) is 4. The number of benzene rings is 1. The van der Waals surface area contributed by atoms with E-state index in [1.165, 1.54) is 6.92 Å². The number of carboxylic acid groups (broad SMARTS) is 1. The third kappa shape index (κ3) is 1.98. The molecule has 5 nitrogen and oxygen atoms in total. The second kappa shape index (κ2) is 4.76. The highest BCUT2D eigenvalue weighted by Crippen LogP contribution is 2.63. The van der Waals surface area contributed by atoms with Gasteiger partial charge in [0.25, 0.3) is 0 Å². The van der Waals surface area contributed by atoms with Gasteiger partial charge < -0.3 is 5.11 Å². The van der Waals surface area contributed by atoms with Gasteiger partial charge in [-0.3, -0.25) is 4.79 Å². The highest BCUT2D eigenvalue weighted by molar-refractivity contribution is 7.92. The molecule has 0 aliphatic heterocycles. The summed E-state index contributed by atoms with van der Waals surface area (Å²) in [5, 5.41) is 17.8. The van der Waals surface area contributed by atoms with E-state index in [0.717, 1.165) is 0 Å². The average molecular weight is 314 g/mol. The average Bonchev–Trinajstić information content (AvgIpc) is 3.11. The molecule has 1 aliphatic rings. The zero-order valence-electron chi connectivity index (χ0n) is 10.6. The van der Waals surface area contributed by atoms with Crippen molar-refractivity contribution in [3.8, 4) is 6.07 Å². The normalized spacial score (nSPS) is 28.6. The number of nitriles is 1. The fourth-order valence-corrected chi connectivity index (χ4v) is 4.63. The largest absolute Gasteiger partial charge is 0.480 e. The molecule has 1 saturated carbocycles. The first-order chi connectivity index (χ1) is 9.31. The van der Waals surface area contributed by atoms with E-state index >= 15 is 0 Å². The molecule has 7 heteroatoms. The van der Waals surface area contributed by atoms with E-state index in [2.05, 4.69) is 0 Å². The maximum atomic E-state index is 12.1. The van der Waals surface area contributed by atoms with Crippen molar-refractivity contribution in [3.05, 3.63) is 34.9 Å². The van der Waals surface area contributed by atoms with Crippen LogP contribution in [0.1, 0.15) is 18.4 Å². The highest BCUT2D eigenvalue weighted by atomic mass is 35.5. The molecule has 3 atom stereocenters. The van der Waals surface area contributed by atoms with Crippen molar-refractivity contribution < 1.29 is 18.3 Å².